The molecule has 4 nitrogen and oxygen atoms in total. The van der Waals surface area contributed by atoms with Gasteiger partial charge in [0.1, 0.15) is 0 Å². The number of hydrogen-bond donors (Lipinski definition) is 1. The van der Waals surface area contributed by atoms with Gasteiger partial charge in [0.05, 0.1) is 0 Å². The Morgan fingerprint density at radius 1 is 0.333 bits per heavy atom. The van der Waals surface area contributed by atoms with Crippen molar-refractivity contribution in [1.29, 1.82) is 0 Å². The highest BCUT2D eigenvalue weighted by molar-refractivity contribution is 6.60. The first-order chi connectivity index (χ1) is 19.2. The van der Waals surface area contributed by atoms with E-state index in [1.54, 1.807) is 0 Å². The Hall–Kier alpha value is 0.0569. The zero-order chi connectivity index (χ0) is 28.5. The van der Waals surface area contributed by atoms with Crippen molar-refractivity contribution in [3.8, 4) is 0 Å². The van der Waals surface area contributed by atoms with Gasteiger partial charge in [0, 0.05) is 25.9 Å². The minimum atomic E-state index is -2.42. The standard InChI is InChI=1S/C34H73NO3Si/c1-4-36-39(37-5-2,38-6-3)34-32-30-28-26-24-22-20-18-16-14-12-10-8-7-9-11-13-15-17-19-21-23-25-27-29-31-33-35/h4-35H2,1-3H3. The van der Waals surface area contributed by atoms with Crippen LogP contribution in [-0.4, -0.2) is 35.2 Å². The summed E-state index contributed by atoms with van der Waals surface area (Å²) in [6, 6.07) is 0.972. The molecule has 0 aromatic heterocycles. The Morgan fingerprint density at radius 2 is 0.538 bits per heavy atom. The van der Waals surface area contributed by atoms with Crippen LogP contribution in [0.3, 0.4) is 0 Å². The third-order valence-corrected chi connectivity index (χ3v) is 11.2. The van der Waals surface area contributed by atoms with Gasteiger partial charge in [0.15, 0.2) is 0 Å². The molecule has 0 radical (unpaired) electrons. The van der Waals surface area contributed by atoms with Gasteiger partial charge in [-0.2, -0.15) is 0 Å². The monoisotopic (exact) mass is 572 g/mol. The third-order valence-electron chi connectivity index (χ3n) is 8.03. The molecular formula is C34H73NO3Si. The third kappa shape index (κ3) is 28.0. The molecule has 5 heteroatoms. The largest absolute Gasteiger partial charge is 0.500 e. The summed E-state index contributed by atoms with van der Waals surface area (Å²) in [5.41, 5.74) is 5.55. The predicted molar refractivity (Wildman–Crippen MR) is 175 cm³/mol. The van der Waals surface area contributed by atoms with E-state index in [1.807, 2.05) is 20.8 Å². The normalized spacial score (nSPS) is 12.0. The highest BCUT2D eigenvalue weighted by Crippen LogP contribution is 2.21. The Bertz CT molecular complexity index is 435. The van der Waals surface area contributed by atoms with Crippen LogP contribution >= 0.6 is 0 Å². The Balaban J connectivity index is 3.27. The van der Waals surface area contributed by atoms with E-state index in [9.17, 15) is 0 Å². The lowest BCUT2D eigenvalue weighted by Gasteiger charge is -2.28. The number of rotatable bonds is 34. The highest BCUT2D eigenvalue weighted by Gasteiger charge is 2.39. The zero-order valence-corrected chi connectivity index (χ0v) is 28.2. The van der Waals surface area contributed by atoms with Crippen molar-refractivity contribution in [3.05, 3.63) is 0 Å². The molecule has 0 spiro atoms. The van der Waals surface area contributed by atoms with Crippen LogP contribution in [0.4, 0.5) is 0 Å². The first-order valence-electron chi connectivity index (χ1n) is 17.9. The van der Waals surface area contributed by atoms with Gasteiger partial charge < -0.3 is 19.0 Å². The maximum atomic E-state index is 5.96. The van der Waals surface area contributed by atoms with Crippen LogP contribution in [0.25, 0.3) is 0 Å². The van der Waals surface area contributed by atoms with E-state index in [0.29, 0.717) is 19.8 Å². The SMILES string of the molecule is CCO[Si](CCCCCCCCCCCCCCCCCCCCCCCCCCCCN)(OCC)OCC. The molecule has 0 fully saturated rings. The summed E-state index contributed by atoms with van der Waals surface area (Å²) in [5.74, 6) is 0. The molecule has 0 atom stereocenters. The number of unbranched alkanes of at least 4 members (excludes halogenated alkanes) is 25. The van der Waals surface area contributed by atoms with E-state index < -0.39 is 8.80 Å². The van der Waals surface area contributed by atoms with Gasteiger partial charge in [-0.15, -0.1) is 0 Å². The lowest BCUT2D eigenvalue weighted by atomic mass is 10.0. The van der Waals surface area contributed by atoms with E-state index in [4.69, 9.17) is 19.0 Å². The molecule has 0 rings (SSSR count). The van der Waals surface area contributed by atoms with Crippen LogP contribution in [0.1, 0.15) is 188 Å². The second-order valence-corrected chi connectivity index (χ2v) is 14.4. The molecular weight excluding hydrogens is 498 g/mol. The predicted octanol–water partition coefficient (Wildman–Crippen LogP) is 11.1. The lowest BCUT2D eigenvalue weighted by molar-refractivity contribution is 0.0706. The van der Waals surface area contributed by atoms with Gasteiger partial charge in [0.2, 0.25) is 0 Å². The summed E-state index contributed by atoms with van der Waals surface area (Å²) in [6.45, 7) is 9.04. The van der Waals surface area contributed by atoms with Gasteiger partial charge in [-0.3, -0.25) is 0 Å². The average Bonchev–Trinajstić information content (AvgIpc) is 2.93. The quantitative estimate of drug-likeness (QED) is 0.0616. The molecule has 0 heterocycles. The van der Waals surface area contributed by atoms with Crippen molar-refractivity contribution in [2.75, 3.05) is 26.4 Å². The van der Waals surface area contributed by atoms with Crippen molar-refractivity contribution in [3.63, 3.8) is 0 Å². The van der Waals surface area contributed by atoms with Gasteiger partial charge in [-0.1, -0.05) is 154 Å². The summed E-state index contributed by atoms with van der Waals surface area (Å²) < 4.78 is 17.9. The molecule has 0 saturated carbocycles. The van der Waals surface area contributed by atoms with Crippen LogP contribution in [0.15, 0.2) is 0 Å². The fourth-order valence-electron chi connectivity index (χ4n) is 5.73. The summed E-state index contributed by atoms with van der Waals surface area (Å²) in [5, 5.41) is 0. The van der Waals surface area contributed by atoms with Gasteiger partial charge in [-0.05, 0) is 40.2 Å². The lowest BCUT2D eigenvalue weighted by Crippen LogP contribution is -2.45. The topological polar surface area (TPSA) is 53.7 Å². The second kappa shape index (κ2) is 32.6. The first kappa shape index (κ1) is 39.1. The molecule has 0 bridgehead atoms. The summed E-state index contributed by atoms with van der Waals surface area (Å²) in [4.78, 5) is 0. The summed E-state index contributed by atoms with van der Waals surface area (Å²) in [6.07, 6.45) is 36.7. The van der Waals surface area contributed by atoms with E-state index in [1.165, 1.54) is 167 Å². The molecule has 39 heavy (non-hydrogen) atoms. The highest BCUT2D eigenvalue weighted by atomic mass is 28.4. The molecule has 0 unspecified atom stereocenters. The Morgan fingerprint density at radius 3 is 0.744 bits per heavy atom. The van der Waals surface area contributed by atoms with Crippen LogP contribution in [0.5, 0.6) is 0 Å². The Labute approximate surface area is 247 Å². The van der Waals surface area contributed by atoms with E-state index in [0.717, 1.165) is 12.6 Å². The molecule has 0 aromatic rings. The molecule has 0 aromatic carbocycles. The van der Waals surface area contributed by atoms with Crippen molar-refractivity contribution in [2.45, 2.75) is 194 Å². The molecule has 0 aliphatic carbocycles. The maximum Gasteiger partial charge on any atom is 0.500 e. The fourth-order valence-corrected chi connectivity index (χ4v) is 8.42. The Kier molecular flexibility index (Phi) is 32.6. The minimum Gasteiger partial charge on any atom is -0.374 e. The average molecular weight is 572 g/mol. The van der Waals surface area contributed by atoms with E-state index in [2.05, 4.69) is 0 Å². The second-order valence-electron chi connectivity index (χ2n) is 11.7. The van der Waals surface area contributed by atoms with E-state index in [-0.39, 0.29) is 0 Å². The van der Waals surface area contributed by atoms with E-state index >= 15 is 0 Å². The van der Waals surface area contributed by atoms with Crippen LogP contribution in [0.2, 0.25) is 6.04 Å². The fraction of sp³-hybridized carbons (Fsp3) is 1.00. The zero-order valence-electron chi connectivity index (χ0n) is 27.2. The minimum absolute atomic E-state index is 0.684. The van der Waals surface area contributed by atoms with Gasteiger partial charge in [0.25, 0.3) is 0 Å². The van der Waals surface area contributed by atoms with Crippen LogP contribution in [-0.2, 0) is 13.3 Å². The van der Waals surface area contributed by atoms with Crippen LogP contribution < -0.4 is 5.73 Å². The molecule has 0 aliphatic heterocycles. The number of nitrogens with two attached hydrogens (primary N) is 1. The molecule has 2 N–H and O–H groups in total. The van der Waals surface area contributed by atoms with Crippen molar-refractivity contribution < 1.29 is 13.3 Å². The molecule has 0 saturated heterocycles. The van der Waals surface area contributed by atoms with Crippen molar-refractivity contribution in [1.82, 2.24) is 0 Å². The summed E-state index contributed by atoms with van der Waals surface area (Å²) in [7, 11) is -2.42. The summed E-state index contributed by atoms with van der Waals surface area (Å²) >= 11 is 0. The molecule has 236 valence electrons. The van der Waals surface area contributed by atoms with Crippen molar-refractivity contribution in [2.24, 2.45) is 5.73 Å². The smallest absolute Gasteiger partial charge is 0.374 e. The van der Waals surface area contributed by atoms with Crippen LogP contribution in [0, 0.1) is 0 Å². The van der Waals surface area contributed by atoms with Crippen molar-refractivity contribution >= 4 is 8.80 Å². The molecule has 0 aliphatic rings. The first-order valence-corrected chi connectivity index (χ1v) is 19.8. The maximum absolute atomic E-state index is 5.96. The number of hydrogen-bond acceptors (Lipinski definition) is 4. The van der Waals surface area contributed by atoms with Gasteiger partial charge in [-0.25, -0.2) is 0 Å². The van der Waals surface area contributed by atoms with Gasteiger partial charge >= 0.3 is 8.80 Å². The molecule has 0 amide bonds.